The van der Waals surface area contributed by atoms with Crippen molar-refractivity contribution in [3.63, 3.8) is 0 Å². The number of nitrogens with zero attached hydrogens (tertiary/aromatic N) is 1. The van der Waals surface area contributed by atoms with E-state index in [2.05, 4.69) is 254 Å². The van der Waals surface area contributed by atoms with E-state index in [-0.39, 0.29) is 0 Å². The maximum Gasteiger partial charge on any atom is 0.0555 e. The van der Waals surface area contributed by atoms with Gasteiger partial charge in [-0.25, -0.2) is 0 Å². The molecule has 2 aromatic heterocycles. The van der Waals surface area contributed by atoms with Gasteiger partial charge in [-0.3, -0.25) is 0 Å². The third kappa shape index (κ3) is 6.99. The van der Waals surface area contributed by atoms with Gasteiger partial charge in [0.2, 0.25) is 0 Å². The van der Waals surface area contributed by atoms with Gasteiger partial charge in [0.25, 0.3) is 0 Å². The summed E-state index contributed by atoms with van der Waals surface area (Å²) in [5.41, 5.74) is 15.6. The molecule has 0 bridgehead atoms. The van der Waals surface area contributed by atoms with E-state index in [0.717, 1.165) is 17.1 Å². The van der Waals surface area contributed by atoms with E-state index in [1.807, 2.05) is 22.7 Å². The van der Waals surface area contributed by atoms with E-state index in [4.69, 9.17) is 0 Å². The van der Waals surface area contributed by atoms with E-state index >= 15 is 0 Å². The average molecular weight is 888 g/mol. The Morgan fingerprint density at radius 1 is 0.269 bits per heavy atom. The normalized spacial score (nSPS) is 11.6. The van der Waals surface area contributed by atoms with Crippen molar-refractivity contribution in [2.24, 2.45) is 0 Å². The molecule has 0 fully saturated rings. The molecule has 1 nitrogen and oxygen atoms in total. The molecule has 0 amide bonds. The number of benzene rings is 11. The highest BCUT2D eigenvalue weighted by atomic mass is 32.1. The highest BCUT2D eigenvalue weighted by molar-refractivity contribution is 7.26. The maximum absolute atomic E-state index is 2.49. The van der Waals surface area contributed by atoms with Gasteiger partial charge in [0.1, 0.15) is 0 Å². The minimum atomic E-state index is 1.11. The Labute approximate surface area is 397 Å². The van der Waals surface area contributed by atoms with Gasteiger partial charge < -0.3 is 4.90 Å². The van der Waals surface area contributed by atoms with Crippen molar-refractivity contribution in [3.05, 3.63) is 249 Å². The zero-order chi connectivity index (χ0) is 44.3. The quantitative estimate of drug-likeness (QED) is 0.147. The third-order valence-corrected chi connectivity index (χ3v) is 15.6. The first-order valence-corrected chi connectivity index (χ1v) is 24.4. The van der Waals surface area contributed by atoms with Crippen molar-refractivity contribution in [3.8, 4) is 55.6 Å². The number of hydrogen-bond donors (Lipinski definition) is 0. The van der Waals surface area contributed by atoms with Gasteiger partial charge in [-0.1, -0.05) is 206 Å². The van der Waals surface area contributed by atoms with E-state index < -0.39 is 0 Å². The molecule has 11 aromatic carbocycles. The van der Waals surface area contributed by atoms with E-state index in [1.165, 1.54) is 107 Å². The highest BCUT2D eigenvalue weighted by Crippen LogP contribution is 2.50. The minimum absolute atomic E-state index is 1.11. The summed E-state index contributed by atoms with van der Waals surface area (Å²) in [5.74, 6) is 0. The topological polar surface area (TPSA) is 3.24 Å². The molecule has 0 spiro atoms. The Bertz CT molecular complexity index is 3940. The van der Waals surface area contributed by atoms with Gasteiger partial charge in [-0.2, -0.15) is 0 Å². The Morgan fingerprint density at radius 2 is 0.746 bits per heavy atom. The summed E-state index contributed by atoms with van der Waals surface area (Å²) in [7, 11) is 0. The molecule has 0 N–H and O–H groups in total. The average Bonchev–Trinajstić information content (AvgIpc) is 3.98. The molecule has 314 valence electrons. The molecule has 0 radical (unpaired) electrons. The molecule has 13 rings (SSSR count). The molecule has 67 heavy (non-hydrogen) atoms. The molecule has 0 aliphatic carbocycles. The standard InChI is InChI=1S/C64H41NS2/c1-4-13-42(14-5-1)49-29-34-56-57-36-33-52(41-62(57)66-60(56)39-49)65(51-31-27-45(28-32-51)44-23-25-48(26-24-44)54-22-12-20-46-19-10-11-21-53(46)54)59-38-37-55(47-17-8-3-9-18-47)64-63(59)58-35-30-50(40-61(58)67-64)43-15-6-2-7-16-43/h1-41H. The first-order chi connectivity index (χ1) is 33.2. The van der Waals surface area contributed by atoms with Crippen molar-refractivity contribution in [1.29, 1.82) is 0 Å². The lowest BCUT2D eigenvalue weighted by Crippen LogP contribution is -2.10. The molecule has 0 aliphatic heterocycles. The predicted octanol–water partition coefficient (Wildman–Crippen LogP) is 19.4. The van der Waals surface area contributed by atoms with Crippen LogP contribution in [-0.4, -0.2) is 0 Å². The van der Waals surface area contributed by atoms with Crippen LogP contribution in [-0.2, 0) is 0 Å². The largest absolute Gasteiger partial charge is 0.310 e. The first-order valence-electron chi connectivity index (χ1n) is 22.8. The lowest BCUT2D eigenvalue weighted by atomic mass is 9.96. The number of thiophene rings is 2. The Balaban J connectivity index is 0.974. The SMILES string of the molecule is c1ccc(-c2ccc3c(c2)sc2cc(N(c4ccc(-c5ccc(-c6cccc7ccccc67)cc5)cc4)c4ccc(-c5ccccc5)c5sc6cc(-c7ccccc7)ccc6c45)ccc23)cc1. The molecular formula is C64H41NS2. The van der Waals surface area contributed by atoms with Crippen molar-refractivity contribution in [1.82, 2.24) is 0 Å². The summed E-state index contributed by atoms with van der Waals surface area (Å²) in [4.78, 5) is 2.49. The summed E-state index contributed by atoms with van der Waals surface area (Å²) < 4.78 is 5.12. The molecule has 0 unspecified atom stereocenters. The number of fused-ring (bicyclic) bond motifs is 7. The Morgan fingerprint density at radius 3 is 1.43 bits per heavy atom. The molecule has 0 aliphatic rings. The second-order valence-corrected chi connectivity index (χ2v) is 19.4. The molecule has 13 aromatic rings. The lowest BCUT2D eigenvalue weighted by molar-refractivity contribution is 1.31. The van der Waals surface area contributed by atoms with Crippen LogP contribution in [0.1, 0.15) is 0 Å². The van der Waals surface area contributed by atoms with Crippen LogP contribution < -0.4 is 4.90 Å². The number of anilines is 3. The fraction of sp³-hybridized carbons (Fsp3) is 0. The summed E-state index contributed by atoms with van der Waals surface area (Å²) >= 11 is 3.77. The van der Waals surface area contributed by atoms with Gasteiger partial charge >= 0.3 is 0 Å². The predicted molar refractivity (Wildman–Crippen MR) is 292 cm³/mol. The zero-order valence-electron chi connectivity index (χ0n) is 36.4. The fourth-order valence-electron chi connectivity index (χ4n) is 9.97. The molecule has 0 saturated heterocycles. The van der Waals surface area contributed by atoms with Gasteiger partial charge in [-0.05, 0) is 109 Å². The van der Waals surface area contributed by atoms with Crippen LogP contribution in [0.15, 0.2) is 249 Å². The van der Waals surface area contributed by atoms with Crippen LogP contribution in [0.25, 0.3) is 107 Å². The fourth-order valence-corrected chi connectivity index (χ4v) is 12.4. The smallest absolute Gasteiger partial charge is 0.0555 e. The van der Waals surface area contributed by atoms with Crippen LogP contribution in [0, 0.1) is 0 Å². The van der Waals surface area contributed by atoms with Gasteiger partial charge in [0, 0.05) is 51.7 Å². The Hall–Kier alpha value is -8.08. The van der Waals surface area contributed by atoms with Crippen molar-refractivity contribution < 1.29 is 0 Å². The van der Waals surface area contributed by atoms with Gasteiger partial charge in [0.05, 0.1) is 5.69 Å². The number of rotatable bonds is 8. The van der Waals surface area contributed by atoms with Crippen LogP contribution in [0.4, 0.5) is 17.1 Å². The molecular weight excluding hydrogens is 847 g/mol. The molecule has 0 saturated carbocycles. The summed E-state index contributed by atoms with van der Waals surface area (Å²) in [6, 6.07) is 91.4. The lowest BCUT2D eigenvalue weighted by Gasteiger charge is -2.27. The van der Waals surface area contributed by atoms with Crippen molar-refractivity contribution >= 4 is 90.9 Å². The van der Waals surface area contributed by atoms with Gasteiger partial charge in [0.15, 0.2) is 0 Å². The molecule has 3 heteroatoms. The number of hydrogen-bond acceptors (Lipinski definition) is 3. The highest BCUT2D eigenvalue weighted by Gasteiger charge is 2.22. The van der Waals surface area contributed by atoms with E-state index in [9.17, 15) is 0 Å². The Kier molecular flexibility index (Phi) is 9.63. The second kappa shape index (κ2) is 16.4. The first kappa shape index (κ1) is 39.3. The second-order valence-electron chi connectivity index (χ2n) is 17.2. The third-order valence-electron chi connectivity index (χ3n) is 13.3. The molecule has 0 atom stereocenters. The van der Waals surface area contributed by atoms with Crippen LogP contribution in [0.2, 0.25) is 0 Å². The summed E-state index contributed by atoms with van der Waals surface area (Å²) in [6.07, 6.45) is 0. The van der Waals surface area contributed by atoms with Crippen LogP contribution in [0.3, 0.4) is 0 Å². The van der Waals surface area contributed by atoms with Crippen LogP contribution >= 0.6 is 22.7 Å². The van der Waals surface area contributed by atoms with Crippen LogP contribution in [0.5, 0.6) is 0 Å². The van der Waals surface area contributed by atoms with E-state index in [0.29, 0.717) is 0 Å². The monoisotopic (exact) mass is 887 g/mol. The van der Waals surface area contributed by atoms with Gasteiger partial charge in [-0.15, -0.1) is 22.7 Å². The zero-order valence-corrected chi connectivity index (χ0v) is 38.1. The van der Waals surface area contributed by atoms with Crippen molar-refractivity contribution in [2.75, 3.05) is 4.90 Å². The maximum atomic E-state index is 2.49. The molecule has 2 heterocycles. The van der Waals surface area contributed by atoms with E-state index in [1.54, 1.807) is 0 Å². The summed E-state index contributed by atoms with van der Waals surface area (Å²) in [5, 5.41) is 7.63. The van der Waals surface area contributed by atoms with Crippen molar-refractivity contribution in [2.45, 2.75) is 0 Å². The minimum Gasteiger partial charge on any atom is -0.310 e. The summed E-state index contributed by atoms with van der Waals surface area (Å²) in [6.45, 7) is 0.